The minimum absolute atomic E-state index is 0.455. The van der Waals surface area contributed by atoms with Gasteiger partial charge >= 0.3 is 0 Å². The molecule has 19 heavy (non-hydrogen) atoms. The maximum absolute atomic E-state index is 5.46. The normalized spacial score (nSPS) is 19.2. The van der Waals surface area contributed by atoms with Crippen LogP contribution in [0.15, 0.2) is 47.1 Å². The van der Waals surface area contributed by atoms with Crippen LogP contribution in [0.4, 0.5) is 0 Å². The van der Waals surface area contributed by atoms with E-state index < -0.39 is 0 Å². The fourth-order valence-corrected chi connectivity index (χ4v) is 2.85. The lowest BCUT2D eigenvalue weighted by Crippen LogP contribution is -2.25. The molecule has 1 aromatic carbocycles. The molecule has 0 saturated carbocycles. The lowest BCUT2D eigenvalue weighted by atomic mass is 9.98. The molecule has 0 bridgehead atoms. The Morgan fingerprint density at radius 2 is 2.16 bits per heavy atom. The lowest BCUT2D eigenvalue weighted by molar-refractivity contribution is 0.209. The van der Waals surface area contributed by atoms with E-state index in [0.717, 1.165) is 31.8 Å². The van der Waals surface area contributed by atoms with Gasteiger partial charge in [-0.3, -0.25) is 4.90 Å². The Labute approximate surface area is 114 Å². The first-order valence-electron chi connectivity index (χ1n) is 6.86. The summed E-state index contributed by atoms with van der Waals surface area (Å²) in [7, 11) is 2.18. The van der Waals surface area contributed by atoms with Crippen molar-refractivity contribution in [3.8, 4) is 0 Å². The van der Waals surface area contributed by atoms with E-state index in [0.29, 0.717) is 6.04 Å². The van der Waals surface area contributed by atoms with E-state index in [1.54, 1.807) is 6.26 Å². The van der Waals surface area contributed by atoms with Crippen LogP contribution in [0.1, 0.15) is 29.3 Å². The monoisotopic (exact) mass is 256 g/mol. The van der Waals surface area contributed by atoms with Crippen molar-refractivity contribution in [1.82, 2.24) is 10.2 Å². The molecule has 0 spiro atoms. The second-order valence-corrected chi connectivity index (χ2v) is 5.17. The molecular weight excluding hydrogens is 236 g/mol. The van der Waals surface area contributed by atoms with E-state index in [4.69, 9.17) is 4.42 Å². The maximum Gasteiger partial charge on any atom is 0.117 e. The highest BCUT2D eigenvalue weighted by molar-refractivity contribution is 5.31. The molecule has 3 rings (SSSR count). The van der Waals surface area contributed by atoms with Crippen molar-refractivity contribution in [2.24, 2.45) is 0 Å². The zero-order valence-electron chi connectivity index (χ0n) is 11.3. The third-order valence-electron chi connectivity index (χ3n) is 3.84. The molecule has 1 aromatic heterocycles. The van der Waals surface area contributed by atoms with Crippen LogP contribution in [0.3, 0.4) is 0 Å². The molecule has 1 unspecified atom stereocenters. The first-order valence-corrected chi connectivity index (χ1v) is 6.86. The Hall–Kier alpha value is -1.58. The predicted molar refractivity (Wildman–Crippen MR) is 75.7 cm³/mol. The Kier molecular flexibility index (Phi) is 3.67. The SMILES string of the molecule is CN(Cc1ccco1)C1CCNCc2ccccc21. The average Bonchev–Trinajstić information content (AvgIpc) is 2.83. The Bertz CT molecular complexity index is 521. The van der Waals surface area contributed by atoms with Crippen molar-refractivity contribution < 1.29 is 4.42 Å². The zero-order chi connectivity index (χ0) is 13.1. The molecule has 100 valence electrons. The zero-order valence-corrected chi connectivity index (χ0v) is 11.3. The van der Waals surface area contributed by atoms with Gasteiger partial charge in [0, 0.05) is 12.6 Å². The number of nitrogens with zero attached hydrogens (tertiary/aromatic N) is 1. The van der Waals surface area contributed by atoms with E-state index in [1.165, 1.54) is 11.1 Å². The molecule has 3 heteroatoms. The molecule has 2 aromatic rings. The molecule has 1 N–H and O–H groups in total. The van der Waals surface area contributed by atoms with Crippen LogP contribution in [-0.4, -0.2) is 18.5 Å². The Morgan fingerprint density at radius 3 is 3.00 bits per heavy atom. The molecule has 0 fully saturated rings. The van der Waals surface area contributed by atoms with Gasteiger partial charge in [-0.2, -0.15) is 0 Å². The molecule has 0 radical (unpaired) electrons. The van der Waals surface area contributed by atoms with Crippen LogP contribution in [-0.2, 0) is 13.1 Å². The van der Waals surface area contributed by atoms with E-state index in [1.807, 2.05) is 12.1 Å². The van der Waals surface area contributed by atoms with Crippen LogP contribution in [0.25, 0.3) is 0 Å². The van der Waals surface area contributed by atoms with Crippen molar-refractivity contribution in [2.75, 3.05) is 13.6 Å². The summed E-state index contributed by atoms with van der Waals surface area (Å²) in [5.74, 6) is 1.03. The van der Waals surface area contributed by atoms with Gasteiger partial charge in [0.25, 0.3) is 0 Å². The van der Waals surface area contributed by atoms with Crippen molar-refractivity contribution in [3.63, 3.8) is 0 Å². The summed E-state index contributed by atoms with van der Waals surface area (Å²) >= 11 is 0. The van der Waals surface area contributed by atoms with Crippen LogP contribution in [0.5, 0.6) is 0 Å². The fourth-order valence-electron chi connectivity index (χ4n) is 2.85. The number of fused-ring (bicyclic) bond motifs is 1. The van der Waals surface area contributed by atoms with Gasteiger partial charge in [0.15, 0.2) is 0 Å². The molecule has 1 atom stereocenters. The van der Waals surface area contributed by atoms with Crippen LogP contribution >= 0.6 is 0 Å². The van der Waals surface area contributed by atoms with E-state index >= 15 is 0 Å². The van der Waals surface area contributed by atoms with E-state index in [-0.39, 0.29) is 0 Å². The van der Waals surface area contributed by atoms with Crippen LogP contribution in [0, 0.1) is 0 Å². The molecule has 1 aliphatic heterocycles. The molecule has 0 amide bonds. The molecule has 1 aliphatic rings. The van der Waals surface area contributed by atoms with Crippen LogP contribution in [0.2, 0.25) is 0 Å². The summed E-state index contributed by atoms with van der Waals surface area (Å²) in [5.41, 5.74) is 2.86. The smallest absolute Gasteiger partial charge is 0.117 e. The second-order valence-electron chi connectivity index (χ2n) is 5.17. The number of nitrogens with one attached hydrogen (secondary N) is 1. The van der Waals surface area contributed by atoms with Gasteiger partial charge < -0.3 is 9.73 Å². The van der Waals surface area contributed by atoms with Gasteiger partial charge in [0.2, 0.25) is 0 Å². The van der Waals surface area contributed by atoms with Gasteiger partial charge in [-0.1, -0.05) is 24.3 Å². The average molecular weight is 256 g/mol. The van der Waals surface area contributed by atoms with Gasteiger partial charge in [-0.05, 0) is 43.3 Å². The third-order valence-corrected chi connectivity index (χ3v) is 3.84. The minimum Gasteiger partial charge on any atom is -0.468 e. The van der Waals surface area contributed by atoms with Gasteiger partial charge in [-0.15, -0.1) is 0 Å². The van der Waals surface area contributed by atoms with Crippen molar-refractivity contribution in [2.45, 2.75) is 25.6 Å². The number of furan rings is 1. The summed E-state index contributed by atoms with van der Waals surface area (Å²) in [6, 6.07) is 13.2. The van der Waals surface area contributed by atoms with Crippen molar-refractivity contribution in [1.29, 1.82) is 0 Å². The lowest BCUT2D eigenvalue weighted by Gasteiger charge is -2.27. The highest BCUT2D eigenvalue weighted by Gasteiger charge is 2.22. The quantitative estimate of drug-likeness (QED) is 0.915. The van der Waals surface area contributed by atoms with Crippen LogP contribution < -0.4 is 5.32 Å². The third kappa shape index (κ3) is 2.72. The van der Waals surface area contributed by atoms with E-state index in [2.05, 4.69) is 41.5 Å². The van der Waals surface area contributed by atoms with Crippen molar-refractivity contribution in [3.05, 3.63) is 59.5 Å². The Morgan fingerprint density at radius 1 is 1.26 bits per heavy atom. The fraction of sp³-hybridized carbons (Fsp3) is 0.375. The standard InChI is InChI=1S/C16H20N2O/c1-18(12-14-6-4-10-19-14)16-8-9-17-11-13-5-2-3-7-15(13)16/h2-7,10,16-17H,8-9,11-12H2,1H3. The summed E-state index contributed by atoms with van der Waals surface area (Å²) in [6.45, 7) is 2.88. The summed E-state index contributed by atoms with van der Waals surface area (Å²) in [5, 5.41) is 3.50. The van der Waals surface area contributed by atoms with Gasteiger partial charge in [0.05, 0.1) is 12.8 Å². The topological polar surface area (TPSA) is 28.4 Å². The van der Waals surface area contributed by atoms with Crippen molar-refractivity contribution >= 4 is 0 Å². The molecule has 0 saturated heterocycles. The first kappa shape index (κ1) is 12.5. The van der Waals surface area contributed by atoms with Gasteiger partial charge in [0.1, 0.15) is 5.76 Å². The summed E-state index contributed by atoms with van der Waals surface area (Å²) < 4.78 is 5.46. The minimum atomic E-state index is 0.455. The number of hydrogen-bond donors (Lipinski definition) is 1. The number of benzene rings is 1. The largest absolute Gasteiger partial charge is 0.468 e. The summed E-state index contributed by atoms with van der Waals surface area (Å²) in [4.78, 5) is 2.38. The Balaban J connectivity index is 1.83. The second kappa shape index (κ2) is 5.59. The highest BCUT2D eigenvalue weighted by Crippen LogP contribution is 2.29. The predicted octanol–water partition coefficient (Wildman–Crippen LogP) is 2.95. The number of rotatable bonds is 3. The maximum atomic E-state index is 5.46. The first-order chi connectivity index (χ1) is 9.34. The highest BCUT2D eigenvalue weighted by atomic mass is 16.3. The summed E-state index contributed by atoms with van der Waals surface area (Å²) in [6.07, 6.45) is 2.87. The molecule has 3 nitrogen and oxygen atoms in total. The number of hydrogen-bond acceptors (Lipinski definition) is 3. The van der Waals surface area contributed by atoms with E-state index in [9.17, 15) is 0 Å². The van der Waals surface area contributed by atoms with Gasteiger partial charge in [-0.25, -0.2) is 0 Å². The molecule has 2 heterocycles. The molecular formula is C16H20N2O. The molecule has 0 aliphatic carbocycles.